The van der Waals surface area contributed by atoms with Crippen LogP contribution in [0.4, 0.5) is 32.0 Å². The molecule has 1 aliphatic carbocycles. The molecule has 0 amide bonds. The molecule has 1 heterocycles. The van der Waals surface area contributed by atoms with Crippen molar-refractivity contribution in [2.24, 2.45) is 5.92 Å². The average Bonchev–Trinajstić information content (AvgIpc) is 2.71. The Morgan fingerprint density at radius 1 is 0.968 bits per heavy atom. The SMILES string of the molecule is OC1=CC([C@H]2COc3c(cccc3-c3cc(C(F)(F)F)cc(C(F)(F)F)c3)N2)CC=C1. The summed E-state index contributed by atoms with van der Waals surface area (Å²) in [5.41, 5.74) is -2.42. The van der Waals surface area contributed by atoms with Crippen molar-refractivity contribution in [3.63, 3.8) is 0 Å². The number of halogens is 6. The molecule has 9 heteroatoms. The summed E-state index contributed by atoms with van der Waals surface area (Å²) in [6.07, 6.45) is -4.14. The van der Waals surface area contributed by atoms with Gasteiger partial charge in [-0.3, -0.25) is 0 Å². The van der Waals surface area contributed by atoms with E-state index in [2.05, 4.69) is 5.32 Å². The quantitative estimate of drug-likeness (QED) is 0.517. The minimum Gasteiger partial charge on any atom is -0.508 e. The van der Waals surface area contributed by atoms with Gasteiger partial charge >= 0.3 is 12.4 Å². The summed E-state index contributed by atoms with van der Waals surface area (Å²) < 4.78 is 85.2. The van der Waals surface area contributed by atoms with Crippen LogP contribution in [-0.4, -0.2) is 17.8 Å². The Bertz CT molecular complexity index is 1020. The molecule has 1 aliphatic heterocycles. The van der Waals surface area contributed by atoms with Gasteiger partial charge in [0.1, 0.15) is 18.1 Å². The second-order valence-electron chi connectivity index (χ2n) is 7.43. The number of ether oxygens (including phenoxy) is 1. The molecule has 2 aromatic rings. The fourth-order valence-corrected chi connectivity index (χ4v) is 3.76. The van der Waals surface area contributed by atoms with Crippen molar-refractivity contribution in [3.05, 3.63) is 71.5 Å². The molecule has 4 rings (SSSR count). The molecule has 0 aromatic heterocycles. The van der Waals surface area contributed by atoms with Crippen LogP contribution < -0.4 is 10.1 Å². The molecule has 0 bridgehead atoms. The summed E-state index contributed by atoms with van der Waals surface area (Å²) in [4.78, 5) is 0. The first-order valence-electron chi connectivity index (χ1n) is 9.42. The molecule has 2 aromatic carbocycles. The Kier molecular flexibility index (Phi) is 5.15. The maximum Gasteiger partial charge on any atom is 0.416 e. The van der Waals surface area contributed by atoms with Crippen molar-refractivity contribution in [1.82, 2.24) is 0 Å². The van der Waals surface area contributed by atoms with Crippen LogP contribution in [0.5, 0.6) is 5.75 Å². The lowest BCUT2D eigenvalue weighted by atomic mass is 9.91. The summed E-state index contributed by atoms with van der Waals surface area (Å²) in [5.74, 6) is 0.235. The van der Waals surface area contributed by atoms with Crippen LogP contribution in [-0.2, 0) is 12.4 Å². The van der Waals surface area contributed by atoms with Gasteiger partial charge in [0.15, 0.2) is 0 Å². The van der Waals surface area contributed by atoms with Crippen molar-refractivity contribution in [2.45, 2.75) is 24.8 Å². The molecular weight excluding hydrogens is 424 g/mol. The molecule has 3 nitrogen and oxygen atoms in total. The zero-order valence-electron chi connectivity index (χ0n) is 15.9. The number of hydrogen-bond acceptors (Lipinski definition) is 3. The summed E-state index contributed by atoms with van der Waals surface area (Å²) in [7, 11) is 0. The van der Waals surface area contributed by atoms with Gasteiger partial charge in [0.25, 0.3) is 0 Å². The van der Waals surface area contributed by atoms with Gasteiger partial charge in [0.2, 0.25) is 0 Å². The summed E-state index contributed by atoms with van der Waals surface area (Å²) in [5, 5.41) is 12.9. The highest BCUT2D eigenvalue weighted by atomic mass is 19.4. The minimum atomic E-state index is -4.93. The summed E-state index contributed by atoms with van der Waals surface area (Å²) in [6, 6.07) is 5.86. The van der Waals surface area contributed by atoms with E-state index in [-0.39, 0.29) is 47.3 Å². The van der Waals surface area contributed by atoms with Gasteiger partial charge in [-0.2, -0.15) is 26.3 Å². The second kappa shape index (κ2) is 7.55. The molecule has 164 valence electrons. The van der Waals surface area contributed by atoms with Gasteiger partial charge in [-0.15, -0.1) is 0 Å². The first kappa shape index (κ1) is 21.1. The largest absolute Gasteiger partial charge is 0.508 e. The molecule has 0 radical (unpaired) electrons. The number of fused-ring (bicyclic) bond motifs is 1. The van der Waals surface area contributed by atoms with E-state index in [0.29, 0.717) is 24.2 Å². The van der Waals surface area contributed by atoms with Crippen molar-refractivity contribution < 1.29 is 36.2 Å². The van der Waals surface area contributed by atoms with Crippen molar-refractivity contribution >= 4 is 5.69 Å². The Morgan fingerprint density at radius 2 is 1.65 bits per heavy atom. The normalized spacial score (nSPS) is 21.0. The van der Waals surface area contributed by atoms with Crippen LogP contribution >= 0.6 is 0 Å². The first-order valence-corrected chi connectivity index (χ1v) is 9.42. The number of allylic oxidation sites excluding steroid dienone is 2. The molecule has 2 N–H and O–H groups in total. The maximum atomic E-state index is 13.2. The van der Waals surface area contributed by atoms with Crippen LogP contribution in [0.2, 0.25) is 0 Å². The third kappa shape index (κ3) is 4.35. The zero-order valence-corrected chi connectivity index (χ0v) is 15.9. The highest BCUT2D eigenvalue weighted by Gasteiger charge is 2.37. The molecule has 0 fully saturated rings. The molecule has 0 saturated heterocycles. The van der Waals surface area contributed by atoms with E-state index >= 15 is 0 Å². The molecule has 2 atom stereocenters. The molecule has 31 heavy (non-hydrogen) atoms. The van der Waals surface area contributed by atoms with Crippen LogP contribution in [0.15, 0.2) is 60.4 Å². The standard InChI is InChI=1S/C22H17F6NO2/c23-21(24,25)14-7-13(8-15(10-14)22(26,27)28)17-5-2-6-18-20(17)31-11-19(29-18)12-3-1-4-16(30)9-12/h1-2,4-10,12,19,29-30H,3,11H2/t12?,19-/m1/s1. The number of benzene rings is 2. The van der Waals surface area contributed by atoms with Crippen molar-refractivity contribution in [3.8, 4) is 16.9 Å². The third-order valence-corrected chi connectivity index (χ3v) is 5.26. The summed E-state index contributed by atoms with van der Waals surface area (Å²) >= 11 is 0. The van der Waals surface area contributed by atoms with E-state index in [1.807, 2.05) is 6.08 Å². The van der Waals surface area contributed by atoms with E-state index in [0.717, 1.165) is 0 Å². The smallest absolute Gasteiger partial charge is 0.416 e. The van der Waals surface area contributed by atoms with Crippen LogP contribution in [0.25, 0.3) is 11.1 Å². The highest BCUT2D eigenvalue weighted by Crippen LogP contribution is 2.44. The number of rotatable bonds is 2. The highest BCUT2D eigenvalue weighted by molar-refractivity contribution is 5.80. The number of nitrogens with one attached hydrogen (secondary N) is 1. The molecule has 2 aliphatic rings. The Morgan fingerprint density at radius 3 is 2.26 bits per heavy atom. The van der Waals surface area contributed by atoms with Gasteiger partial charge in [-0.1, -0.05) is 18.2 Å². The van der Waals surface area contributed by atoms with Crippen molar-refractivity contribution in [2.75, 3.05) is 11.9 Å². The van der Waals surface area contributed by atoms with Gasteiger partial charge in [0, 0.05) is 11.5 Å². The second-order valence-corrected chi connectivity index (χ2v) is 7.43. The summed E-state index contributed by atoms with van der Waals surface area (Å²) in [6.45, 7) is 0.136. The Labute approximate surface area is 173 Å². The number of anilines is 1. The predicted octanol–water partition coefficient (Wildman–Crippen LogP) is 6.58. The maximum absolute atomic E-state index is 13.2. The zero-order chi connectivity index (χ0) is 22.4. The number of aliphatic hydroxyl groups excluding tert-OH is 1. The Balaban J connectivity index is 1.73. The topological polar surface area (TPSA) is 41.5 Å². The molecule has 0 saturated carbocycles. The van der Waals surface area contributed by atoms with E-state index in [1.54, 1.807) is 18.2 Å². The molecular formula is C22H17F6NO2. The van der Waals surface area contributed by atoms with Gasteiger partial charge in [-0.05, 0) is 48.4 Å². The lowest BCUT2D eigenvalue weighted by molar-refractivity contribution is -0.143. The predicted molar refractivity (Wildman–Crippen MR) is 103 cm³/mol. The molecule has 1 unspecified atom stereocenters. The fraction of sp³-hybridized carbons (Fsp3) is 0.273. The van der Waals surface area contributed by atoms with E-state index < -0.39 is 23.5 Å². The average molecular weight is 441 g/mol. The monoisotopic (exact) mass is 441 g/mol. The van der Waals surface area contributed by atoms with Crippen LogP contribution in [0.1, 0.15) is 17.5 Å². The van der Waals surface area contributed by atoms with E-state index in [4.69, 9.17) is 4.74 Å². The Hall–Kier alpha value is -3.10. The van der Waals surface area contributed by atoms with Gasteiger partial charge in [-0.25, -0.2) is 0 Å². The molecule has 0 spiro atoms. The van der Waals surface area contributed by atoms with E-state index in [9.17, 15) is 31.4 Å². The van der Waals surface area contributed by atoms with Crippen LogP contribution in [0.3, 0.4) is 0 Å². The lowest BCUT2D eigenvalue weighted by Crippen LogP contribution is -2.37. The van der Waals surface area contributed by atoms with Crippen LogP contribution in [0, 0.1) is 5.92 Å². The number of para-hydroxylation sites is 1. The first-order chi connectivity index (χ1) is 14.5. The number of aliphatic hydroxyl groups is 1. The lowest BCUT2D eigenvalue weighted by Gasteiger charge is -2.33. The third-order valence-electron chi connectivity index (χ3n) is 5.26. The minimum absolute atomic E-state index is 0.0767. The van der Waals surface area contributed by atoms with Gasteiger partial charge < -0.3 is 15.2 Å². The van der Waals surface area contributed by atoms with E-state index in [1.165, 1.54) is 12.1 Å². The van der Waals surface area contributed by atoms with Gasteiger partial charge in [0.05, 0.1) is 22.9 Å². The van der Waals surface area contributed by atoms with Crippen molar-refractivity contribution in [1.29, 1.82) is 0 Å². The fourth-order valence-electron chi connectivity index (χ4n) is 3.76. The number of hydrogen-bond donors (Lipinski definition) is 2. The number of alkyl halides is 6.